The smallest absolute Gasteiger partial charge is 0.255 e. The summed E-state index contributed by atoms with van der Waals surface area (Å²) >= 11 is 0. The lowest BCUT2D eigenvalue weighted by molar-refractivity contribution is -0.122. The third-order valence-electron chi connectivity index (χ3n) is 6.21. The van der Waals surface area contributed by atoms with E-state index in [1.165, 1.54) is 37.8 Å². The van der Waals surface area contributed by atoms with Crippen LogP contribution >= 0.6 is 0 Å². The number of hydrogen-bond donors (Lipinski definition) is 1. The molecule has 2 fully saturated rings. The Hall–Kier alpha value is -1.78. The van der Waals surface area contributed by atoms with E-state index in [4.69, 9.17) is 0 Å². The molecule has 0 radical (unpaired) electrons. The van der Waals surface area contributed by atoms with E-state index >= 15 is 0 Å². The number of rotatable bonds is 5. The largest absolute Gasteiger partial charge is 0.352 e. The monoisotopic (exact) mass is 373 g/mol. The average molecular weight is 374 g/mol. The highest BCUT2D eigenvalue weighted by Crippen LogP contribution is 2.32. The number of aryl methyl sites for hydroxylation is 1. The molecule has 1 saturated carbocycles. The third kappa shape index (κ3) is 4.56. The Labute approximate surface area is 163 Å². The van der Waals surface area contributed by atoms with Gasteiger partial charge in [-0.1, -0.05) is 26.2 Å². The fraction of sp³-hybridized carbons (Fsp3) is 0.727. The van der Waals surface area contributed by atoms with Crippen molar-refractivity contribution < 1.29 is 9.59 Å². The molecule has 3 rings (SSSR count). The van der Waals surface area contributed by atoms with Gasteiger partial charge in [-0.15, -0.1) is 0 Å². The number of carbonyl (C=O) groups excluding carboxylic acids is 2. The molecule has 1 aromatic rings. The molecular formula is C22H35N3O2. The second-order valence-electron chi connectivity index (χ2n) is 8.35. The maximum Gasteiger partial charge on any atom is 0.255 e. The highest BCUT2D eigenvalue weighted by Gasteiger charge is 2.29. The van der Waals surface area contributed by atoms with Gasteiger partial charge in [-0.25, -0.2) is 0 Å². The number of carbonyl (C=O) groups is 2. The van der Waals surface area contributed by atoms with Crippen LogP contribution in [0.1, 0.15) is 92.5 Å². The summed E-state index contributed by atoms with van der Waals surface area (Å²) in [5.74, 6) is 0.229. The van der Waals surface area contributed by atoms with Crippen molar-refractivity contribution in [3.8, 4) is 0 Å². The van der Waals surface area contributed by atoms with Crippen molar-refractivity contribution >= 4 is 11.8 Å². The number of likely N-dealkylation sites (tertiary alicyclic amines) is 1. The Morgan fingerprint density at radius 3 is 2.56 bits per heavy atom. The summed E-state index contributed by atoms with van der Waals surface area (Å²) in [5, 5.41) is 3.10. The molecule has 2 aliphatic rings. The van der Waals surface area contributed by atoms with Gasteiger partial charge < -0.3 is 14.8 Å². The van der Waals surface area contributed by atoms with Crippen LogP contribution in [0.25, 0.3) is 0 Å². The van der Waals surface area contributed by atoms with Crippen LogP contribution in [0, 0.1) is 13.8 Å². The second kappa shape index (κ2) is 8.94. The lowest BCUT2D eigenvalue weighted by Gasteiger charge is -2.33. The van der Waals surface area contributed by atoms with Crippen molar-refractivity contribution in [2.45, 2.75) is 90.6 Å². The molecule has 5 nitrogen and oxygen atoms in total. The van der Waals surface area contributed by atoms with E-state index in [0.717, 1.165) is 37.1 Å². The molecule has 1 aromatic heterocycles. The minimum atomic E-state index is 0.0867. The number of hydrogen-bond acceptors (Lipinski definition) is 2. The Morgan fingerprint density at radius 1 is 1.11 bits per heavy atom. The summed E-state index contributed by atoms with van der Waals surface area (Å²) in [5.41, 5.74) is 3.16. The van der Waals surface area contributed by atoms with Crippen molar-refractivity contribution in [1.29, 1.82) is 0 Å². The molecule has 2 heterocycles. The molecular weight excluding hydrogens is 338 g/mol. The summed E-state index contributed by atoms with van der Waals surface area (Å²) in [7, 11) is 0. The van der Waals surface area contributed by atoms with Crippen molar-refractivity contribution in [3.05, 3.63) is 23.0 Å². The Morgan fingerprint density at radius 2 is 1.85 bits per heavy atom. The first kappa shape index (κ1) is 20.0. The first-order valence-corrected chi connectivity index (χ1v) is 10.8. The number of aromatic nitrogens is 1. The minimum absolute atomic E-state index is 0.0867. The lowest BCUT2D eigenvalue weighted by Crippen LogP contribution is -2.49. The van der Waals surface area contributed by atoms with Gasteiger partial charge in [-0.05, 0) is 52.0 Å². The fourth-order valence-corrected chi connectivity index (χ4v) is 4.87. The van der Waals surface area contributed by atoms with Crippen LogP contribution in [0.3, 0.4) is 0 Å². The molecule has 0 spiro atoms. The SMILES string of the molecule is CCCC(=O)NC1CCCN(C(=O)c2cc(C)n(C3CCCCC3)c2C)C1. The van der Waals surface area contributed by atoms with Crippen LogP contribution in [-0.4, -0.2) is 40.4 Å². The van der Waals surface area contributed by atoms with Gasteiger partial charge in [0, 0.05) is 43.0 Å². The van der Waals surface area contributed by atoms with E-state index in [9.17, 15) is 9.59 Å². The summed E-state index contributed by atoms with van der Waals surface area (Å²) in [6, 6.07) is 2.71. The third-order valence-corrected chi connectivity index (χ3v) is 6.21. The molecule has 0 bridgehead atoms. The molecule has 1 N–H and O–H groups in total. The molecule has 27 heavy (non-hydrogen) atoms. The molecule has 1 unspecified atom stereocenters. The average Bonchev–Trinajstić information content (AvgIpc) is 2.96. The second-order valence-corrected chi connectivity index (χ2v) is 8.35. The summed E-state index contributed by atoms with van der Waals surface area (Å²) in [6.45, 7) is 7.65. The molecule has 0 aromatic carbocycles. The summed E-state index contributed by atoms with van der Waals surface area (Å²) < 4.78 is 2.40. The normalized spacial score (nSPS) is 21.3. The standard InChI is InChI=1S/C22H35N3O2/c1-4-9-21(26)23-18-10-8-13-24(15-18)22(27)20-14-16(2)25(17(20)3)19-11-6-5-7-12-19/h14,18-19H,4-13,15H2,1-3H3,(H,23,26). The van der Waals surface area contributed by atoms with Crippen molar-refractivity contribution in [2.24, 2.45) is 0 Å². The van der Waals surface area contributed by atoms with Crippen LogP contribution < -0.4 is 5.32 Å². The van der Waals surface area contributed by atoms with E-state index in [0.29, 0.717) is 19.0 Å². The van der Waals surface area contributed by atoms with Gasteiger partial charge in [0.2, 0.25) is 5.91 Å². The molecule has 2 amide bonds. The van der Waals surface area contributed by atoms with E-state index in [1.807, 2.05) is 11.8 Å². The van der Waals surface area contributed by atoms with Crippen molar-refractivity contribution in [1.82, 2.24) is 14.8 Å². The number of amides is 2. The Balaban J connectivity index is 1.70. The molecule has 1 saturated heterocycles. The fourth-order valence-electron chi connectivity index (χ4n) is 4.87. The lowest BCUT2D eigenvalue weighted by atomic mass is 9.95. The van der Waals surface area contributed by atoms with Gasteiger partial charge >= 0.3 is 0 Å². The zero-order chi connectivity index (χ0) is 19.4. The predicted molar refractivity (Wildman–Crippen MR) is 108 cm³/mol. The zero-order valence-corrected chi connectivity index (χ0v) is 17.2. The molecule has 1 aliphatic heterocycles. The molecule has 150 valence electrons. The van der Waals surface area contributed by atoms with E-state index < -0.39 is 0 Å². The van der Waals surface area contributed by atoms with Crippen LogP contribution in [0.5, 0.6) is 0 Å². The van der Waals surface area contributed by atoms with Crippen molar-refractivity contribution in [2.75, 3.05) is 13.1 Å². The maximum atomic E-state index is 13.2. The Kier molecular flexibility index (Phi) is 6.61. The van der Waals surface area contributed by atoms with Gasteiger partial charge in [0.1, 0.15) is 0 Å². The number of piperidine rings is 1. The van der Waals surface area contributed by atoms with Gasteiger partial charge in [0.05, 0.1) is 5.56 Å². The van der Waals surface area contributed by atoms with Crippen LogP contribution in [-0.2, 0) is 4.79 Å². The molecule has 1 atom stereocenters. The van der Waals surface area contributed by atoms with Gasteiger partial charge in [0.15, 0.2) is 0 Å². The zero-order valence-electron chi connectivity index (χ0n) is 17.2. The summed E-state index contributed by atoms with van der Waals surface area (Å²) in [4.78, 5) is 27.1. The number of nitrogens with zero attached hydrogens (tertiary/aromatic N) is 2. The summed E-state index contributed by atoms with van der Waals surface area (Å²) in [6.07, 6.45) is 9.68. The van der Waals surface area contributed by atoms with E-state index in [-0.39, 0.29) is 17.9 Å². The molecule has 1 aliphatic carbocycles. The number of nitrogens with one attached hydrogen (secondary N) is 1. The van der Waals surface area contributed by atoms with Gasteiger partial charge in [0.25, 0.3) is 5.91 Å². The minimum Gasteiger partial charge on any atom is -0.352 e. The quantitative estimate of drug-likeness (QED) is 0.844. The highest BCUT2D eigenvalue weighted by molar-refractivity contribution is 5.96. The van der Waals surface area contributed by atoms with Crippen molar-refractivity contribution in [3.63, 3.8) is 0 Å². The Bertz CT molecular complexity index is 673. The van der Waals surface area contributed by atoms with Crippen LogP contribution in [0.15, 0.2) is 6.07 Å². The highest BCUT2D eigenvalue weighted by atomic mass is 16.2. The van der Waals surface area contributed by atoms with Gasteiger partial charge in [-0.3, -0.25) is 9.59 Å². The topological polar surface area (TPSA) is 54.3 Å². The first-order valence-electron chi connectivity index (χ1n) is 10.8. The van der Waals surface area contributed by atoms with Gasteiger partial charge in [-0.2, -0.15) is 0 Å². The molecule has 5 heteroatoms. The predicted octanol–water partition coefficient (Wildman–Crippen LogP) is 4.13. The van der Waals surface area contributed by atoms with Crippen LogP contribution in [0.4, 0.5) is 0 Å². The van der Waals surface area contributed by atoms with E-state index in [1.54, 1.807) is 0 Å². The maximum absolute atomic E-state index is 13.2. The van der Waals surface area contributed by atoms with Crippen LogP contribution in [0.2, 0.25) is 0 Å². The first-order chi connectivity index (χ1) is 13.0. The van der Waals surface area contributed by atoms with E-state index in [2.05, 4.69) is 29.8 Å².